The van der Waals surface area contributed by atoms with E-state index in [4.69, 9.17) is 4.74 Å². The van der Waals surface area contributed by atoms with Gasteiger partial charge < -0.3 is 15.0 Å². The van der Waals surface area contributed by atoms with Crippen molar-refractivity contribution in [1.82, 2.24) is 5.32 Å². The molecular formula is C16H26N2O. The summed E-state index contributed by atoms with van der Waals surface area (Å²) in [6.07, 6.45) is 2.67. The van der Waals surface area contributed by atoms with Crippen LogP contribution in [0.2, 0.25) is 0 Å². The van der Waals surface area contributed by atoms with Gasteiger partial charge in [0.25, 0.3) is 0 Å². The van der Waals surface area contributed by atoms with Gasteiger partial charge in [-0.3, -0.25) is 0 Å². The van der Waals surface area contributed by atoms with Crippen LogP contribution >= 0.6 is 0 Å². The van der Waals surface area contributed by atoms with E-state index >= 15 is 0 Å². The summed E-state index contributed by atoms with van der Waals surface area (Å²) in [7, 11) is 1.76. The lowest BCUT2D eigenvalue weighted by Gasteiger charge is -2.31. The zero-order chi connectivity index (χ0) is 13.7. The SMILES string of the molecule is COCCN(c1ccccc1CNC1CC1)C(C)C. The fourth-order valence-corrected chi connectivity index (χ4v) is 2.33. The molecule has 106 valence electrons. The number of benzene rings is 1. The number of nitrogens with one attached hydrogen (secondary N) is 1. The Morgan fingerprint density at radius 3 is 2.68 bits per heavy atom. The minimum Gasteiger partial charge on any atom is -0.383 e. The molecule has 0 aliphatic heterocycles. The number of methoxy groups -OCH3 is 1. The third-order valence-electron chi connectivity index (χ3n) is 3.62. The van der Waals surface area contributed by atoms with E-state index in [0.29, 0.717) is 6.04 Å². The van der Waals surface area contributed by atoms with Crippen LogP contribution in [0, 0.1) is 0 Å². The molecule has 0 heterocycles. The van der Waals surface area contributed by atoms with Crippen molar-refractivity contribution in [1.29, 1.82) is 0 Å². The largest absolute Gasteiger partial charge is 0.383 e. The van der Waals surface area contributed by atoms with E-state index in [0.717, 1.165) is 25.7 Å². The fraction of sp³-hybridized carbons (Fsp3) is 0.625. The second kappa shape index (κ2) is 6.92. The molecule has 19 heavy (non-hydrogen) atoms. The fourth-order valence-electron chi connectivity index (χ4n) is 2.33. The lowest BCUT2D eigenvalue weighted by Crippen LogP contribution is -2.35. The molecule has 3 heteroatoms. The highest BCUT2D eigenvalue weighted by Gasteiger charge is 2.21. The molecule has 0 saturated heterocycles. The maximum Gasteiger partial charge on any atom is 0.0637 e. The molecule has 0 atom stereocenters. The molecular weight excluding hydrogens is 236 g/mol. The van der Waals surface area contributed by atoms with Crippen molar-refractivity contribution in [2.75, 3.05) is 25.2 Å². The highest BCUT2D eigenvalue weighted by Crippen LogP contribution is 2.24. The Morgan fingerprint density at radius 2 is 2.05 bits per heavy atom. The smallest absolute Gasteiger partial charge is 0.0637 e. The van der Waals surface area contributed by atoms with Crippen molar-refractivity contribution in [3.8, 4) is 0 Å². The Bertz CT molecular complexity index is 388. The first-order valence-corrected chi connectivity index (χ1v) is 7.29. The topological polar surface area (TPSA) is 24.5 Å². The molecule has 1 aliphatic rings. The summed E-state index contributed by atoms with van der Waals surface area (Å²) < 4.78 is 5.23. The Hall–Kier alpha value is -1.06. The van der Waals surface area contributed by atoms with E-state index in [2.05, 4.69) is 48.3 Å². The summed E-state index contributed by atoms with van der Waals surface area (Å²) in [5.74, 6) is 0. The molecule has 0 aromatic heterocycles. The lowest BCUT2D eigenvalue weighted by atomic mass is 10.1. The summed E-state index contributed by atoms with van der Waals surface area (Å²) in [6, 6.07) is 9.93. The zero-order valence-corrected chi connectivity index (χ0v) is 12.4. The Morgan fingerprint density at radius 1 is 1.32 bits per heavy atom. The quantitative estimate of drug-likeness (QED) is 0.779. The lowest BCUT2D eigenvalue weighted by molar-refractivity contribution is 0.204. The summed E-state index contributed by atoms with van der Waals surface area (Å²) in [4.78, 5) is 2.42. The van der Waals surface area contributed by atoms with Gasteiger partial charge in [-0.25, -0.2) is 0 Å². The van der Waals surface area contributed by atoms with E-state index in [9.17, 15) is 0 Å². The average Bonchev–Trinajstić information content (AvgIpc) is 3.21. The van der Waals surface area contributed by atoms with Crippen LogP contribution in [0.1, 0.15) is 32.3 Å². The number of rotatable bonds is 8. The summed E-state index contributed by atoms with van der Waals surface area (Å²) in [5.41, 5.74) is 2.72. The monoisotopic (exact) mass is 262 g/mol. The first kappa shape index (κ1) is 14.4. The van der Waals surface area contributed by atoms with Crippen LogP contribution < -0.4 is 10.2 Å². The van der Waals surface area contributed by atoms with Gasteiger partial charge in [0.2, 0.25) is 0 Å². The van der Waals surface area contributed by atoms with Crippen LogP contribution in [0.25, 0.3) is 0 Å². The Balaban J connectivity index is 2.09. The van der Waals surface area contributed by atoms with E-state index in [1.165, 1.54) is 24.1 Å². The number of ether oxygens (including phenoxy) is 1. The van der Waals surface area contributed by atoms with Crippen molar-refractivity contribution < 1.29 is 4.74 Å². The van der Waals surface area contributed by atoms with Crippen molar-refractivity contribution in [2.45, 2.75) is 45.3 Å². The highest BCUT2D eigenvalue weighted by molar-refractivity contribution is 5.54. The molecule has 0 amide bonds. The molecule has 1 aromatic rings. The molecule has 0 bridgehead atoms. The van der Waals surface area contributed by atoms with Crippen molar-refractivity contribution in [2.24, 2.45) is 0 Å². The molecule has 1 N–H and O–H groups in total. The second-order valence-corrected chi connectivity index (χ2v) is 5.56. The maximum atomic E-state index is 5.23. The molecule has 0 unspecified atom stereocenters. The number of para-hydroxylation sites is 1. The minimum absolute atomic E-state index is 0.484. The Labute approximate surface area is 116 Å². The van der Waals surface area contributed by atoms with E-state index in [1.54, 1.807) is 7.11 Å². The Kier molecular flexibility index (Phi) is 5.23. The number of anilines is 1. The molecule has 0 radical (unpaired) electrons. The number of hydrogen-bond donors (Lipinski definition) is 1. The van der Waals surface area contributed by atoms with Gasteiger partial charge in [0.1, 0.15) is 0 Å². The standard InChI is InChI=1S/C16H26N2O/c1-13(2)18(10-11-19-3)16-7-5-4-6-14(16)12-17-15-8-9-15/h4-7,13,15,17H,8-12H2,1-3H3. The number of nitrogens with zero attached hydrogens (tertiary/aromatic N) is 1. The summed E-state index contributed by atoms with van der Waals surface area (Å²) >= 11 is 0. The first-order valence-electron chi connectivity index (χ1n) is 7.29. The van der Waals surface area contributed by atoms with E-state index in [-0.39, 0.29) is 0 Å². The maximum absolute atomic E-state index is 5.23. The molecule has 3 nitrogen and oxygen atoms in total. The van der Waals surface area contributed by atoms with Crippen LogP contribution in [0.4, 0.5) is 5.69 Å². The van der Waals surface area contributed by atoms with Crippen molar-refractivity contribution in [3.63, 3.8) is 0 Å². The van der Waals surface area contributed by atoms with Gasteiger partial charge in [0.15, 0.2) is 0 Å². The zero-order valence-electron chi connectivity index (χ0n) is 12.4. The van der Waals surface area contributed by atoms with Crippen LogP contribution in [-0.2, 0) is 11.3 Å². The minimum atomic E-state index is 0.484. The van der Waals surface area contributed by atoms with Gasteiger partial charge in [-0.15, -0.1) is 0 Å². The normalized spacial score (nSPS) is 14.9. The number of hydrogen-bond acceptors (Lipinski definition) is 3. The highest BCUT2D eigenvalue weighted by atomic mass is 16.5. The molecule has 1 saturated carbocycles. The van der Waals surface area contributed by atoms with Gasteiger partial charge in [-0.1, -0.05) is 18.2 Å². The molecule has 0 spiro atoms. The van der Waals surface area contributed by atoms with Gasteiger partial charge in [-0.05, 0) is 38.3 Å². The van der Waals surface area contributed by atoms with Crippen molar-refractivity contribution in [3.05, 3.63) is 29.8 Å². The van der Waals surface area contributed by atoms with Gasteiger partial charge in [-0.2, -0.15) is 0 Å². The molecule has 1 fully saturated rings. The predicted molar refractivity (Wildman–Crippen MR) is 80.7 cm³/mol. The van der Waals surface area contributed by atoms with Crippen LogP contribution in [0.5, 0.6) is 0 Å². The van der Waals surface area contributed by atoms with Gasteiger partial charge in [0.05, 0.1) is 6.61 Å². The molecule has 2 rings (SSSR count). The van der Waals surface area contributed by atoms with E-state index in [1.807, 2.05) is 0 Å². The third kappa shape index (κ3) is 4.22. The van der Waals surface area contributed by atoms with Gasteiger partial charge >= 0.3 is 0 Å². The third-order valence-corrected chi connectivity index (χ3v) is 3.62. The van der Waals surface area contributed by atoms with E-state index < -0.39 is 0 Å². The summed E-state index contributed by atoms with van der Waals surface area (Å²) in [6.45, 7) is 7.15. The van der Waals surface area contributed by atoms with Crippen molar-refractivity contribution >= 4 is 5.69 Å². The second-order valence-electron chi connectivity index (χ2n) is 5.56. The predicted octanol–water partition coefficient (Wildman–Crippen LogP) is 2.80. The average molecular weight is 262 g/mol. The summed E-state index contributed by atoms with van der Waals surface area (Å²) in [5, 5.41) is 3.61. The van der Waals surface area contributed by atoms with Crippen LogP contribution in [0.3, 0.4) is 0 Å². The molecule has 1 aromatic carbocycles. The van der Waals surface area contributed by atoms with Gasteiger partial charge in [0, 0.05) is 38.0 Å². The molecule has 1 aliphatic carbocycles. The first-order chi connectivity index (χ1) is 9.22. The van der Waals surface area contributed by atoms with Crippen LogP contribution in [-0.4, -0.2) is 32.3 Å². The van der Waals surface area contributed by atoms with Crippen LogP contribution in [0.15, 0.2) is 24.3 Å².